The molecule has 11 heavy (non-hydrogen) atoms. The first kappa shape index (κ1) is 8.75. The van der Waals surface area contributed by atoms with E-state index in [0.29, 0.717) is 19.4 Å². The molecule has 0 aromatic heterocycles. The van der Waals surface area contributed by atoms with Crippen LogP contribution >= 0.6 is 0 Å². The molecule has 0 radical (unpaired) electrons. The van der Waals surface area contributed by atoms with Crippen molar-refractivity contribution in [3.05, 3.63) is 0 Å². The number of ketones is 1. The zero-order valence-corrected chi connectivity index (χ0v) is 6.93. The number of nitrogens with one attached hydrogen (secondary N) is 1. The van der Waals surface area contributed by atoms with Crippen molar-refractivity contribution in [3.8, 4) is 0 Å². The maximum absolute atomic E-state index is 10.8. The van der Waals surface area contributed by atoms with Crippen LogP contribution in [0.4, 0.5) is 0 Å². The Kier molecular flexibility index (Phi) is 3.59. The summed E-state index contributed by atoms with van der Waals surface area (Å²) in [5, 5.41) is 3.22. The third kappa shape index (κ3) is 3.03. The number of carbonyl (C=O) groups excluding carboxylic acids is 1. The zero-order valence-electron chi connectivity index (χ0n) is 6.93. The molecule has 0 saturated heterocycles. The maximum atomic E-state index is 10.8. The Morgan fingerprint density at radius 3 is 2.73 bits per heavy atom. The molecule has 3 nitrogen and oxygen atoms in total. The quantitative estimate of drug-likeness (QED) is 0.583. The minimum absolute atomic E-state index is 0.403. The molecule has 0 aliphatic heterocycles. The van der Waals surface area contributed by atoms with E-state index in [0.717, 1.165) is 25.7 Å². The van der Waals surface area contributed by atoms with Crippen molar-refractivity contribution in [1.29, 1.82) is 0 Å². The predicted octanol–water partition coefficient (Wildman–Crippen LogP) is 0.000600. The summed E-state index contributed by atoms with van der Waals surface area (Å²) in [4.78, 5) is 10.8. The highest BCUT2D eigenvalue weighted by molar-refractivity contribution is 6.23. The monoisotopic (exact) mass is 155 g/mol. The minimum Gasteiger partial charge on any atom is -0.427 e. The van der Waals surface area contributed by atoms with Gasteiger partial charge in [0.1, 0.15) is 5.78 Å². The lowest BCUT2D eigenvalue weighted by Gasteiger charge is -2.21. The summed E-state index contributed by atoms with van der Waals surface area (Å²) in [5.41, 5.74) is 0. The average Bonchev–Trinajstić information content (AvgIpc) is 2.04. The summed E-state index contributed by atoms with van der Waals surface area (Å²) in [6, 6.07) is 0.493. The van der Waals surface area contributed by atoms with E-state index in [9.17, 15) is 4.79 Å². The van der Waals surface area contributed by atoms with Gasteiger partial charge in [0.2, 0.25) is 0 Å². The summed E-state index contributed by atoms with van der Waals surface area (Å²) in [6.45, 7) is 0. The fraction of sp³-hybridized carbons (Fsp3) is 0.857. The molecule has 1 aliphatic rings. The number of hydrogen-bond donors (Lipinski definition) is 1. The lowest BCUT2D eigenvalue weighted by atomic mass is 9.93. The molecule has 1 rings (SSSR count). The fourth-order valence-corrected chi connectivity index (χ4v) is 1.35. The SMILES string of the molecule is COBNC1CCC(=O)CC1. The normalized spacial score (nSPS) is 20.3. The molecule has 62 valence electrons. The molecular formula is C7H14BNO2. The average molecular weight is 155 g/mol. The molecule has 4 heteroatoms. The lowest BCUT2D eigenvalue weighted by molar-refractivity contribution is -0.120. The summed E-state index contributed by atoms with van der Waals surface area (Å²) < 4.78 is 4.88. The van der Waals surface area contributed by atoms with E-state index in [-0.39, 0.29) is 0 Å². The van der Waals surface area contributed by atoms with Gasteiger partial charge in [-0.15, -0.1) is 0 Å². The van der Waals surface area contributed by atoms with Gasteiger partial charge in [0.05, 0.1) is 0 Å². The molecule has 0 spiro atoms. The second kappa shape index (κ2) is 4.52. The number of rotatable bonds is 3. The number of Topliss-reactive ketones (excluding diaryl/α,β-unsaturated/α-hetero) is 1. The van der Waals surface area contributed by atoms with E-state index < -0.39 is 0 Å². The molecule has 1 saturated carbocycles. The molecule has 0 aromatic rings. The van der Waals surface area contributed by atoms with E-state index in [1.165, 1.54) is 0 Å². The molecule has 1 aliphatic carbocycles. The standard InChI is InChI=1S/C7H14BNO2/c1-11-8-9-6-2-4-7(10)5-3-6/h6,8-9H,2-5H2,1H3. The van der Waals surface area contributed by atoms with Crippen molar-refractivity contribution in [1.82, 2.24) is 5.23 Å². The topological polar surface area (TPSA) is 38.3 Å². The highest BCUT2D eigenvalue weighted by atomic mass is 16.4. The van der Waals surface area contributed by atoms with Crippen LogP contribution in [0, 0.1) is 0 Å². The molecule has 0 atom stereocenters. The molecular weight excluding hydrogens is 141 g/mol. The van der Waals surface area contributed by atoms with Crippen molar-refractivity contribution >= 4 is 13.4 Å². The van der Waals surface area contributed by atoms with E-state index in [4.69, 9.17) is 4.65 Å². The molecule has 0 unspecified atom stereocenters. The summed E-state index contributed by atoms with van der Waals surface area (Å²) >= 11 is 0. The Morgan fingerprint density at radius 2 is 2.18 bits per heavy atom. The first-order valence-electron chi connectivity index (χ1n) is 4.07. The van der Waals surface area contributed by atoms with Crippen LogP contribution in [0.1, 0.15) is 25.7 Å². The van der Waals surface area contributed by atoms with Crippen molar-refractivity contribution in [2.24, 2.45) is 0 Å². The van der Waals surface area contributed by atoms with Crippen LogP contribution in [0.3, 0.4) is 0 Å². The van der Waals surface area contributed by atoms with Crippen LogP contribution in [-0.2, 0) is 9.45 Å². The zero-order chi connectivity index (χ0) is 8.10. The highest BCUT2D eigenvalue weighted by Crippen LogP contribution is 2.13. The van der Waals surface area contributed by atoms with Gasteiger partial charge in [0.25, 0.3) is 0 Å². The fourth-order valence-electron chi connectivity index (χ4n) is 1.35. The van der Waals surface area contributed by atoms with Gasteiger partial charge in [0, 0.05) is 20.0 Å². The van der Waals surface area contributed by atoms with Gasteiger partial charge in [-0.2, -0.15) is 0 Å². The molecule has 0 aromatic carbocycles. The van der Waals surface area contributed by atoms with Crippen LogP contribution in [-0.4, -0.2) is 26.6 Å². The summed E-state index contributed by atoms with van der Waals surface area (Å²) in [6.07, 6.45) is 3.42. The van der Waals surface area contributed by atoms with Gasteiger partial charge in [0.15, 0.2) is 0 Å². The van der Waals surface area contributed by atoms with Gasteiger partial charge in [-0.25, -0.2) is 0 Å². The molecule has 0 amide bonds. The Morgan fingerprint density at radius 1 is 1.55 bits per heavy atom. The molecule has 1 N–H and O–H groups in total. The smallest absolute Gasteiger partial charge is 0.360 e. The Bertz CT molecular complexity index is 130. The van der Waals surface area contributed by atoms with Gasteiger partial charge < -0.3 is 9.88 Å². The largest absolute Gasteiger partial charge is 0.427 e. The molecule has 0 heterocycles. The number of carbonyl (C=O) groups is 1. The Balaban J connectivity index is 2.12. The first-order chi connectivity index (χ1) is 5.33. The van der Waals surface area contributed by atoms with Crippen molar-refractivity contribution in [2.75, 3.05) is 7.11 Å². The highest BCUT2D eigenvalue weighted by Gasteiger charge is 2.17. The first-order valence-corrected chi connectivity index (χ1v) is 4.07. The van der Waals surface area contributed by atoms with E-state index in [2.05, 4.69) is 5.23 Å². The van der Waals surface area contributed by atoms with Gasteiger partial charge in [-0.05, 0) is 18.9 Å². The van der Waals surface area contributed by atoms with Crippen LogP contribution in [0.2, 0.25) is 0 Å². The van der Waals surface area contributed by atoms with E-state index in [1.54, 1.807) is 7.11 Å². The second-order valence-corrected chi connectivity index (χ2v) is 2.95. The van der Waals surface area contributed by atoms with Crippen molar-refractivity contribution < 1.29 is 9.45 Å². The van der Waals surface area contributed by atoms with Crippen LogP contribution in [0.25, 0.3) is 0 Å². The van der Waals surface area contributed by atoms with Gasteiger partial charge >= 0.3 is 7.62 Å². The van der Waals surface area contributed by atoms with Crippen molar-refractivity contribution in [3.63, 3.8) is 0 Å². The maximum Gasteiger partial charge on any atom is 0.360 e. The molecule has 1 fully saturated rings. The van der Waals surface area contributed by atoms with E-state index >= 15 is 0 Å². The summed E-state index contributed by atoms with van der Waals surface area (Å²) in [5.74, 6) is 0.403. The second-order valence-electron chi connectivity index (χ2n) is 2.95. The minimum atomic E-state index is 0.403. The van der Waals surface area contributed by atoms with Gasteiger partial charge in [-0.1, -0.05) is 0 Å². The third-order valence-electron chi connectivity index (χ3n) is 2.06. The Labute approximate surface area is 67.8 Å². The Hall–Kier alpha value is -0.345. The molecule has 0 bridgehead atoms. The van der Waals surface area contributed by atoms with Crippen molar-refractivity contribution in [2.45, 2.75) is 31.7 Å². The lowest BCUT2D eigenvalue weighted by Crippen LogP contribution is -2.36. The van der Waals surface area contributed by atoms with Crippen LogP contribution < -0.4 is 5.23 Å². The van der Waals surface area contributed by atoms with Crippen LogP contribution in [0.5, 0.6) is 0 Å². The number of hydrogen-bond acceptors (Lipinski definition) is 3. The van der Waals surface area contributed by atoms with Gasteiger partial charge in [-0.3, -0.25) is 4.79 Å². The third-order valence-corrected chi connectivity index (χ3v) is 2.06. The summed E-state index contributed by atoms with van der Waals surface area (Å²) in [7, 11) is 2.26. The predicted molar refractivity (Wildman–Crippen MR) is 44.6 cm³/mol. The van der Waals surface area contributed by atoms with Crippen LogP contribution in [0.15, 0.2) is 0 Å². The van der Waals surface area contributed by atoms with E-state index in [1.807, 2.05) is 0 Å².